The van der Waals surface area contributed by atoms with Crippen LogP contribution in [0.1, 0.15) is 55.5 Å². The number of carbonyl (C=O) groups is 2. The molecule has 2 aliphatic rings. The number of oxazole rings is 1. The first-order valence-electron chi connectivity index (χ1n) is 13.9. The highest BCUT2D eigenvalue weighted by molar-refractivity contribution is 5.79. The zero-order chi connectivity index (χ0) is 27.1. The fraction of sp³-hybridized carbons (Fsp3) is 0.621. The van der Waals surface area contributed by atoms with Gasteiger partial charge in [-0.15, -0.1) is 0 Å². The number of fused-ring (bicyclic) bond motifs is 1. The SMILES string of the molecule is CCCCN(CCCN(C)C)C(=O)CN1C[C@H](c2ccc3c(c2)CCO3)C(C(=O)O)[C@@H]1CCc1ncco1. The zero-order valence-electron chi connectivity index (χ0n) is 23.0. The molecule has 208 valence electrons. The molecule has 9 heteroatoms. The summed E-state index contributed by atoms with van der Waals surface area (Å²) in [7, 11) is 4.08. The minimum Gasteiger partial charge on any atom is -0.493 e. The summed E-state index contributed by atoms with van der Waals surface area (Å²) in [6.45, 7) is 5.90. The Hall–Kier alpha value is -2.91. The number of benzene rings is 1. The molecule has 2 aliphatic heterocycles. The van der Waals surface area contributed by atoms with E-state index in [9.17, 15) is 14.7 Å². The maximum atomic E-state index is 13.6. The molecule has 1 unspecified atom stereocenters. The van der Waals surface area contributed by atoms with Crippen LogP contribution in [0.2, 0.25) is 0 Å². The second-order valence-corrected chi connectivity index (χ2v) is 10.8. The lowest BCUT2D eigenvalue weighted by Crippen LogP contribution is -2.45. The zero-order valence-corrected chi connectivity index (χ0v) is 23.0. The van der Waals surface area contributed by atoms with Crippen molar-refractivity contribution in [3.63, 3.8) is 0 Å². The van der Waals surface area contributed by atoms with E-state index in [0.717, 1.165) is 55.6 Å². The van der Waals surface area contributed by atoms with Crippen LogP contribution in [0.25, 0.3) is 0 Å². The molecule has 0 radical (unpaired) electrons. The Kier molecular flexibility index (Phi) is 9.80. The van der Waals surface area contributed by atoms with E-state index in [4.69, 9.17) is 9.15 Å². The Bertz CT molecular complexity index is 1060. The van der Waals surface area contributed by atoms with Gasteiger partial charge in [-0.3, -0.25) is 14.5 Å². The molecule has 0 aliphatic carbocycles. The maximum Gasteiger partial charge on any atom is 0.308 e. The first kappa shape index (κ1) is 28.1. The number of hydrogen-bond donors (Lipinski definition) is 1. The Morgan fingerprint density at radius 3 is 2.71 bits per heavy atom. The summed E-state index contributed by atoms with van der Waals surface area (Å²) in [5.74, 6) is -0.116. The van der Waals surface area contributed by atoms with Crippen LogP contribution < -0.4 is 4.74 Å². The summed E-state index contributed by atoms with van der Waals surface area (Å²) in [5, 5.41) is 10.4. The predicted octanol–water partition coefficient (Wildman–Crippen LogP) is 3.29. The van der Waals surface area contributed by atoms with Crippen molar-refractivity contribution in [1.82, 2.24) is 19.7 Å². The fourth-order valence-electron chi connectivity index (χ4n) is 5.84. The lowest BCUT2D eigenvalue weighted by molar-refractivity contribution is -0.143. The van der Waals surface area contributed by atoms with Crippen LogP contribution in [0, 0.1) is 5.92 Å². The average molecular weight is 527 g/mol. The standard InChI is InChI=1S/C29H42N4O5/c1-4-5-14-32(15-6-13-31(2)3)27(34)20-33-19-23(21-7-9-25-22(18-21)11-16-37-25)28(29(35)36)24(33)8-10-26-30-12-17-38-26/h7,9,12,17-18,23-24,28H,4-6,8,10-11,13-16,19-20H2,1-3H3,(H,35,36)/t23-,24+,28?/m1/s1. The maximum absolute atomic E-state index is 13.6. The van der Waals surface area contributed by atoms with Gasteiger partial charge in [0, 0.05) is 44.4 Å². The molecule has 0 spiro atoms. The first-order valence-corrected chi connectivity index (χ1v) is 13.9. The molecule has 1 N–H and O–H groups in total. The molecule has 0 saturated carbocycles. The number of aryl methyl sites for hydroxylation is 1. The third-order valence-corrected chi connectivity index (χ3v) is 7.82. The molecule has 38 heavy (non-hydrogen) atoms. The lowest BCUT2D eigenvalue weighted by Gasteiger charge is -2.30. The molecule has 3 atom stereocenters. The van der Waals surface area contributed by atoms with Crippen LogP contribution in [-0.2, 0) is 22.4 Å². The topological polar surface area (TPSA) is 99.3 Å². The molecule has 3 heterocycles. The van der Waals surface area contributed by atoms with Gasteiger partial charge in [0.05, 0.1) is 25.3 Å². The second-order valence-electron chi connectivity index (χ2n) is 10.8. The van der Waals surface area contributed by atoms with Gasteiger partial charge in [0.25, 0.3) is 0 Å². The molecule has 1 aromatic heterocycles. The molecule has 9 nitrogen and oxygen atoms in total. The molecule has 1 aromatic carbocycles. The van der Waals surface area contributed by atoms with Crippen molar-refractivity contribution in [2.24, 2.45) is 5.92 Å². The number of amides is 1. The van der Waals surface area contributed by atoms with Crippen LogP contribution in [-0.4, -0.2) is 96.1 Å². The number of aromatic nitrogens is 1. The van der Waals surface area contributed by atoms with E-state index < -0.39 is 11.9 Å². The lowest BCUT2D eigenvalue weighted by atomic mass is 9.83. The summed E-state index contributed by atoms with van der Waals surface area (Å²) < 4.78 is 11.1. The number of rotatable bonds is 14. The first-order chi connectivity index (χ1) is 18.4. The van der Waals surface area contributed by atoms with Gasteiger partial charge in [-0.1, -0.05) is 25.5 Å². The number of carboxylic acid groups (broad SMARTS) is 1. The molecule has 1 saturated heterocycles. The highest BCUT2D eigenvalue weighted by Gasteiger charge is 2.47. The average Bonchev–Trinajstić information content (AvgIpc) is 3.64. The number of hydrogen-bond acceptors (Lipinski definition) is 7. The van der Waals surface area contributed by atoms with Crippen molar-refractivity contribution >= 4 is 11.9 Å². The van der Waals surface area contributed by atoms with Crippen molar-refractivity contribution in [1.29, 1.82) is 0 Å². The Labute approximate surface area is 225 Å². The van der Waals surface area contributed by atoms with Crippen LogP contribution in [0.15, 0.2) is 35.1 Å². The second kappa shape index (κ2) is 13.2. The molecule has 1 amide bonds. The number of carboxylic acids is 1. The summed E-state index contributed by atoms with van der Waals surface area (Å²) >= 11 is 0. The van der Waals surface area contributed by atoms with E-state index >= 15 is 0 Å². The smallest absolute Gasteiger partial charge is 0.308 e. The number of aliphatic carboxylic acids is 1. The minimum atomic E-state index is -0.826. The minimum absolute atomic E-state index is 0.0745. The Balaban J connectivity index is 1.55. The van der Waals surface area contributed by atoms with Gasteiger partial charge in [-0.05, 0) is 57.1 Å². The third kappa shape index (κ3) is 6.94. The van der Waals surface area contributed by atoms with E-state index in [0.29, 0.717) is 38.4 Å². The monoisotopic (exact) mass is 526 g/mol. The summed E-state index contributed by atoms with van der Waals surface area (Å²) in [5.41, 5.74) is 2.13. The molecule has 0 bridgehead atoms. The van der Waals surface area contributed by atoms with Gasteiger partial charge in [0.1, 0.15) is 12.0 Å². The normalized spacial score (nSPS) is 21.0. The summed E-state index contributed by atoms with van der Waals surface area (Å²) in [6.07, 6.45) is 7.95. The highest BCUT2D eigenvalue weighted by atomic mass is 16.5. The van der Waals surface area contributed by atoms with Gasteiger partial charge in [-0.2, -0.15) is 0 Å². The Morgan fingerprint density at radius 2 is 2.00 bits per heavy atom. The highest BCUT2D eigenvalue weighted by Crippen LogP contribution is 2.41. The number of likely N-dealkylation sites (tertiary alicyclic amines) is 1. The third-order valence-electron chi connectivity index (χ3n) is 7.82. The van der Waals surface area contributed by atoms with E-state index in [1.54, 1.807) is 6.20 Å². The number of nitrogens with zero attached hydrogens (tertiary/aromatic N) is 4. The molecular weight excluding hydrogens is 484 g/mol. The van der Waals surface area contributed by atoms with Gasteiger partial charge < -0.3 is 24.1 Å². The largest absolute Gasteiger partial charge is 0.493 e. The number of unbranched alkanes of at least 4 members (excludes halogenated alkanes) is 1. The van der Waals surface area contributed by atoms with E-state index in [1.807, 2.05) is 31.1 Å². The van der Waals surface area contributed by atoms with Crippen LogP contribution in [0.3, 0.4) is 0 Å². The molecular formula is C29H42N4O5. The van der Waals surface area contributed by atoms with Crippen LogP contribution in [0.4, 0.5) is 0 Å². The van der Waals surface area contributed by atoms with Crippen molar-refractivity contribution in [2.45, 2.75) is 57.4 Å². The van der Waals surface area contributed by atoms with Gasteiger partial charge in [-0.25, -0.2) is 4.98 Å². The number of carbonyl (C=O) groups excluding carboxylic acids is 1. The van der Waals surface area contributed by atoms with Crippen molar-refractivity contribution in [3.8, 4) is 5.75 Å². The van der Waals surface area contributed by atoms with Crippen LogP contribution >= 0.6 is 0 Å². The van der Waals surface area contributed by atoms with Crippen molar-refractivity contribution < 1.29 is 23.8 Å². The Morgan fingerprint density at radius 1 is 1.18 bits per heavy atom. The summed E-state index contributed by atoms with van der Waals surface area (Å²) in [4.78, 5) is 36.8. The van der Waals surface area contributed by atoms with E-state index in [1.165, 1.54) is 6.26 Å². The van der Waals surface area contributed by atoms with E-state index in [2.05, 4.69) is 27.8 Å². The number of ether oxygens (including phenoxy) is 1. The van der Waals surface area contributed by atoms with Gasteiger partial charge >= 0.3 is 5.97 Å². The molecule has 1 fully saturated rings. The van der Waals surface area contributed by atoms with Crippen LogP contribution in [0.5, 0.6) is 5.75 Å². The fourth-order valence-corrected chi connectivity index (χ4v) is 5.84. The van der Waals surface area contributed by atoms with Gasteiger partial charge in [0.15, 0.2) is 5.89 Å². The van der Waals surface area contributed by atoms with E-state index in [-0.39, 0.29) is 24.4 Å². The van der Waals surface area contributed by atoms with Crippen molar-refractivity contribution in [3.05, 3.63) is 47.7 Å². The van der Waals surface area contributed by atoms with Gasteiger partial charge in [0.2, 0.25) is 5.91 Å². The quantitative estimate of drug-likeness (QED) is 0.400. The molecule has 4 rings (SSSR count). The summed E-state index contributed by atoms with van der Waals surface area (Å²) in [6, 6.07) is 5.76. The van der Waals surface area contributed by atoms with Crippen molar-refractivity contribution in [2.75, 3.05) is 53.4 Å². The molecule has 2 aromatic rings. The predicted molar refractivity (Wildman–Crippen MR) is 144 cm³/mol.